The van der Waals surface area contributed by atoms with E-state index >= 15 is 0 Å². The monoisotopic (exact) mass is 264 g/mol. The van der Waals surface area contributed by atoms with Crippen molar-refractivity contribution in [3.8, 4) is 5.75 Å². The van der Waals surface area contributed by atoms with E-state index in [1.807, 2.05) is 0 Å². The Hall–Kier alpha value is -0.970. The third-order valence-electron chi connectivity index (χ3n) is 1.74. The average Bonchev–Trinajstić information content (AvgIpc) is 2.15. The zero-order valence-corrected chi connectivity index (χ0v) is 9.70. The van der Waals surface area contributed by atoms with Crippen LogP contribution in [-0.4, -0.2) is 28.9 Å². The Bertz CT molecular complexity index is 381. The summed E-state index contributed by atoms with van der Waals surface area (Å²) < 4.78 is 5.15. The summed E-state index contributed by atoms with van der Waals surface area (Å²) in [6, 6.07) is 4.65. The first kappa shape index (κ1) is 13.1. The molecule has 0 amide bonds. The molecule has 16 heavy (non-hydrogen) atoms. The van der Waals surface area contributed by atoms with Crippen LogP contribution in [0.15, 0.2) is 18.2 Å². The summed E-state index contributed by atoms with van der Waals surface area (Å²) in [6.07, 6.45) is -1.44. The van der Waals surface area contributed by atoms with Gasteiger partial charge in [0.2, 0.25) is 0 Å². The molecule has 1 atom stereocenters. The van der Waals surface area contributed by atoms with E-state index in [1.54, 1.807) is 12.1 Å². The van der Waals surface area contributed by atoms with Crippen molar-refractivity contribution < 1.29 is 19.7 Å². The molecule has 1 aromatic rings. The fraction of sp³-hybridized carbons (Fsp3) is 0.300. The van der Waals surface area contributed by atoms with E-state index in [1.165, 1.54) is 6.07 Å². The van der Waals surface area contributed by atoms with Gasteiger partial charge in [-0.3, -0.25) is 4.79 Å². The molecule has 0 bridgehead atoms. The van der Waals surface area contributed by atoms with Gasteiger partial charge in [0.15, 0.2) is 0 Å². The van der Waals surface area contributed by atoms with Crippen LogP contribution in [0.25, 0.3) is 0 Å². The Morgan fingerprint density at radius 3 is 2.69 bits per heavy atom. The summed E-state index contributed by atoms with van der Waals surface area (Å²) in [6.45, 7) is -0.131. The summed E-state index contributed by atoms with van der Waals surface area (Å²) in [5.74, 6) is -0.728. The van der Waals surface area contributed by atoms with Crippen molar-refractivity contribution in [1.82, 2.24) is 0 Å². The standard InChI is InChI=1S/C10H10Cl2O4/c11-6-1-2-9(8(12)3-6)16-5-7(13)4-10(14)15/h1-3,7,13H,4-5H2,(H,14,15). The molecule has 0 aromatic heterocycles. The summed E-state index contributed by atoms with van der Waals surface area (Å²) >= 11 is 11.5. The lowest BCUT2D eigenvalue weighted by Gasteiger charge is -2.11. The second-order valence-corrected chi connectivity index (χ2v) is 3.98. The number of carboxylic acids is 1. The molecule has 2 N–H and O–H groups in total. The smallest absolute Gasteiger partial charge is 0.306 e. The Kier molecular flexibility index (Phi) is 4.86. The molecular formula is C10H10Cl2O4. The highest BCUT2D eigenvalue weighted by molar-refractivity contribution is 6.35. The van der Waals surface area contributed by atoms with Gasteiger partial charge in [-0.1, -0.05) is 23.2 Å². The second kappa shape index (κ2) is 5.94. The first-order chi connectivity index (χ1) is 7.49. The minimum Gasteiger partial charge on any atom is -0.489 e. The number of aliphatic carboxylic acids is 1. The van der Waals surface area contributed by atoms with E-state index in [-0.39, 0.29) is 13.0 Å². The number of halogens is 2. The number of hydrogen-bond donors (Lipinski definition) is 2. The molecule has 88 valence electrons. The molecule has 0 radical (unpaired) electrons. The third kappa shape index (κ3) is 4.26. The van der Waals surface area contributed by atoms with Crippen LogP contribution in [-0.2, 0) is 4.79 Å². The Morgan fingerprint density at radius 2 is 2.12 bits per heavy atom. The second-order valence-electron chi connectivity index (χ2n) is 3.14. The Morgan fingerprint density at radius 1 is 1.44 bits per heavy atom. The summed E-state index contributed by atoms with van der Waals surface area (Å²) in [5.41, 5.74) is 0. The first-order valence-electron chi connectivity index (χ1n) is 4.46. The van der Waals surface area contributed by atoms with Gasteiger partial charge in [-0.2, -0.15) is 0 Å². The maximum atomic E-state index is 10.3. The molecule has 4 nitrogen and oxygen atoms in total. The molecule has 6 heteroatoms. The minimum atomic E-state index is -1.08. The van der Waals surface area contributed by atoms with E-state index in [0.29, 0.717) is 15.8 Å². The van der Waals surface area contributed by atoms with Gasteiger partial charge in [0.05, 0.1) is 17.5 Å². The average molecular weight is 265 g/mol. The van der Waals surface area contributed by atoms with Gasteiger partial charge in [0.1, 0.15) is 12.4 Å². The van der Waals surface area contributed by atoms with Crippen molar-refractivity contribution >= 4 is 29.2 Å². The number of ether oxygens (including phenoxy) is 1. The van der Waals surface area contributed by atoms with Gasteiger partial charge in [0, 0.05) is 5.02 Å². The van der Waals surface area contributed by atoms with Gasteiger partial charge in [-0.05, 0) is 18.2 Å². The van der Waals surface area contributed by atoms with Crippen LogP contribution < -0.4 is 4.74 Å². The topological polar surface area (TPSA) is 66.8 Å². The van der Waals surface area contributed by atoms with Gasteiger partial charge >= 0.3 is 5.97 Å². The SMILES string of the molecule is O=C(O)CC(O)COc1ccc(Cl)cc1Cl. The Balaban J connectivity index is 2.51. The minimum absolute atomic E-state index is 0.131. The zero-order valence-electron chi connectivity index (χ0n) is 8.19. The summed E-state index contributed by atoms with van der Waals surface area (Å²) in [7, 11) is 0. The first-order valence-corrected chi connectivity index (χ1v) is 5.22. The molecule has 0 heterocycles. The number of hydrogen-bond acceptors (Lipinski definition) is 3. The van der Waals surface area contributed by atoms with Crippen LogP contribution in [0.2, 0.25) is 10.0 Å². The van der Waals surface area contributed by atoms with Crippen LogP contribution in [0.1, 0.15) is 6.42 Å². The highest BCUT2D eigenvalue weighted by atomic mass is 35.5. The van der Waals surface area contributed by atoms with Crippen molar-refractivity contribution in [2.75, 3.05) is 6.61 Å². The van der Waals surface area contributed by atoms with E-state index in [2.05, 4.69) is 0 Å². The van der Waals surface area contributed by atoms with E-state index in [4.69, 9.17) is 33.0 Å². The lowest BCUT2D eigenvalue weighted by Crippen LogP contribution is -2.21. The van der Waals surface area contributed by atoms with Crippen LogP contribution in [0.4, 0.5) is 0 Å². The van der Waals surface area contributed by atoms with Crippen molar-refractivity contribution in [2.24, 2.45) is 0 Å². The Labute approximate surface area is 102 Å². The maximum Gasteiger partial charge on any atom is 0.306 e. The molecule has 1 rings (SSSR count). The van der Waals surface area contributed by atoms with E-state index < -0.39 is 12.1 Å². The van der Waals surface area contributed by atoms with Crippen LogP contribution in [0.3, 0.4) is 0 Å². The predicted octanol–water partition coefficient (Wildman–Crippen LogP) is 2.21. The fourth-order valence-electron chi connectivity index (χ4n) is 1.04. The quantitative estimate of drug-likeness (QED) is 0.856. The van der Waals surface area contributed by atoms with Gasteiger partial charge in [-0.25, -0.2) is 0 Å². The molecule has 0 saturated heterocycles. The summed E-state index contributed by atoms with van der Waals surface area (Å²) in [4.78, 5) is 10.3. The number of rotatable bonds is 5. The number of carboxylic acid groups (broad SMARTS) is 1. The van der Waals surface area contributed by atoms with Gasteiger partial charge < -0.3 is 14.9 Å². The predicted molar refractivity (Wildman–Crippen MR) is 60.2 cm³/mol. The van der Waals surface area contributed by atoms with Crippen LogP contribution in [0, 0.1) is 0 Å². The zero-order chi connectivity index (χ0) is 12.1. The van der Waals surface area contributed by atoms with Crippen LogP contribution >= 0.6 is 23.2 Å². The van der Waals surface area contributed by atoms with E-state index in [0.717, 1.165) is 0 Å². The molecule has 0 spiro atoms. The molecule has 0 aliphatic rings. The summed E-state index contributed by atoms with van der Waals surface area (Å²) in [5, 5.41) is 18.5. The normalized spacial score (nSPS) is 12.2. The number of aliphatic hydroxyl groups excluding tert-OH is 1. The van der Waals surface area contributed by atoms with Crippen LogP contribution in [0.5, 0.6) is 5.75 Å². The third-order valence-corrected chi connectivity index (χ3v) is 2.27. The van der Waals surface area contributed by atoms with E-state index in [9.17, 15) is 9.90 Å². The van der Waals surface area contributed by atoms with Crippen molar-refractivity contribution in [3.63, 3.8) is 0 Å². The maximum absolute atomic E-state index is 10.3. The van der Waals surface area contributed by atoms with Crippen molar-refractivity contribution in [2.45, 2.75) is 12.5 Å². The number of carbonyl (C=O) groups is 1. The van der Waals surface area contributed by atoms with Gasteiger partial charge in [-0.15, -0.1) is 0 Å². The molecule has 1 unspecified atom stereocenters. The molecular weight excluding hydrogens is 255 g/mol. The fourth-order valence-corrected chi connectivity index (χ4v) is 1.50. The largest absolute Gasteiger partial charge is 0.489 e. The lowest BCUT2D eigenvalue weighted by molar-refractivity contribution is -0.139. The number of benzene rings is 1. The number of aliphatic hydroxyl groups is 1. The molecule has 1 aromatic carbocycles. The molecule has 0 aliphatic heterocycles. The van der Waals surface area contributed by atoms with Gasteiger partial charge in [0.25, 0.3) is 0 Å². The van der Waals surface area contributed by atoms with Crippen molar-refractivity contribution in [3.05, 3.63) is 28.2 Å². The molecule has 0 saturated carbocycles. The molecule has 0 fully saturated rings. The lowest BCUT2D eigenvalue weighted by atomic mass is 10.3. The highest BCUT2D eigenvalue weighted by Crippen LogP contribution is 2.27. The van der Waals surface area contributed by atoms with Crippen molar-refractivity contribution in [1.29, 1.82) is 0 Å². The highest BCUT2D eigenvalue weighted by Gasteiger charge is 2.11. The molecule has 0 aliphatic carbocycles.